The summed E-state index contributed by atoms with van der Waals surface area (Å²) < 4.78 is 5.77. The molecule has 0 saturated carbocycles. The number of nitrogens with two attached hydrogens (primary N) is 2. The van der Waals surface area contributed by atoms with Crippen molar-refractivity contribution < 1.29 is 62.4 Å². The van der Waals surface area contributed by atoms with E-state index in [1.807, 2.05) is 0 Å². The average Bonchev–Trinajstić information content (AvgIpc) is 0.938. The Morgan fingerprint density at radius 1 is 0.663 bits per heavy atom. The zero-order valence-corrected chi connectivity index (χ0v) is 47.4. The van der Waals surface area contributed by atoms with E-state index in [-0.39, 0.29) is 124 Å². The molecule has 0 aliphatic carbocycles. The molecule has 8 rings (SSSR count). The standard InChI is InChI=1S/C60H66N12O14/c1-35(2)52(67-47(73)15-4-3-5-28-69-48(74)22-23-49(69)75)54(77)66-46(14-8-25-64-59(62)82)53(76)65-38-18-16-36(17-19-38)34-86-60(83)68(30-31-71-56(79)42-13-7-11-40-45(61)21-20-43(51(40)42)57(71)80)27-9-24-63-26-29-70-55(78)41-12-6-10-37-32-39(72(84)85)33-44(50(37)41)58(70)81/h6-7,10-13,16-23,32-33,35,46,52,63H,3-5,8-9,14-15,24-31,34,61H2,1-2H3,(H,65,76)(H,66,77)(H,67,73)(H3,62,64,82)/t46-,52-/m0/s1. The van der Waals surface area contributed by atoms with Crippen molar-refractivity contribution in [2.75, 3.05) is 63.4 Å². The molecule has 3 heterocycles. The number of nitrogens with one attached hydrogen (secondary N) is 5. The Labute approximate surface area is 493 Å². The van der Waals surface area contributed by atoms with Crippen LogP contribution in [0.1, 0.15) is 106 Å². The van der Waals surface area contributed by atoms with Gasteiger partial charge in [-0.2, -0.15) is 0 Å². The summed E-state index contributed by atoms with van der Waals surface area (Å²) >= 11 is 0. The van der Waals surface area contributed by atoms with Gasteiger partial charge in [0.15, 0.2) is 0 Å². The van der Waals surface area contributed by atoms with E-state index < -0.39 is 70.5 Å². The van der Waals surface area contributed by atoms with Gasteiger partial charge in [-0.05, 0) is 91.9 Å². The van der Waals surface area contributed by atoms with Gasteiger partial charge < -0.3 is 47.7 Å². The fourth-order valence-electron chi connectivity index (χ4n) is 10.4. The normalized spacial score (nSPS) is 14.2. The molecule has 5 aromatic rings. The Kier molecular flexibility index (Phi) is 20.2. The lowest BCUT2D eigenvalue weighted by Gasteiger charge is -2.30. The molecule has 0 saturated heterocycles. The molecule has 2 atom stereocenters. The van der Waals surface area contributed by atoms with Crippen LogP contribution in [-0.4, -0.2) is 154 Å². The Hall–Kier alpha value is -10.1. The van der Waals surface area contributed by atoms with E-state index in [1.165, 1.54) is 29.2 Å². The highest BCUT2D eigenvalue weighted by molar-refractivity contribution is 6.27. The van der Waals surface area contributed by atoms with E-state index in [0.29, 0.717) is 64.2 Å². The number of nitrogens with zero attached hydrogens (tertiary/aromatic N) is 5. The number of primary amides is 1. The van der Waals surface area contributed by atoms with Crippen LogP contribution in [0.25, 0.3) is 21.5 Å². The van der Waals surface area contributed by atoms with Crippen molar-refractivity contribution >= 4 is 104 Å². The number of carbonyl (C=O) groups is 11. The molecule has 0 unspecified atom stereocenters. The SMILES string of the molecule is CC(C)[C@H](NC(=O)CCCCCN1C(=O)C=CC1=O)C(=O)N[C@@H](CCCNC(N)=O)C(=O)Nc1ccc(COC(=O)N(CCCNCCN2C(=O)c3cccc4cc([N+](=O)[O-])cc(c34)C2=O)CCN2C(=O)c3cccc4c(N)ccc(c34)C2=O)cc1. The third-order valence-corrected chi connectivity index (χ3v) is 14.9. The second kappa shape index (κ2) is 28.0. The van der Waals surface area contributed by atoms with Crippen LogP contribution in [0.4, 0.5) is 26.7 Å². The first-order valence-electron chi connectivity index (χ1n) is 28.2. The quantitative estimate of drug-likeness (QED) is 0.0114. The van der Waals surface area contributed by atoms with Gasteiger partial charge in [-0.15, -0.1) is 0 Å². The number of carbonyl (C=O) groups excluding carboxylic acids is 11. The molecule has 9 N–H and O–H groups in total. The fraction of sp³-hybridized carbons (Fsp3) is 0.350. The maximum absolute atomic E-state index is 14.0. The molecule has 0 radical (unpaired) electrons. The van der Waals surface area contributed by atoms with Gasteiger partial charge in [-0.25, -0.2) is 9.59 Å². The molecular weight excluding hydrogens is 1110 g/mol. The summed E-state index contributed by atoms with van der Waals surface area (Å²) in [5.74, 6) is -5.14. The van der Waals surface area contributed by atoms with E-state index in [2.05, 4.69) is 26.6 Å². The number of rotatable bonds is 29. The number of nitro groups is 1. The predicted molar refractivity (Wildman–Crippen MR) is 314 cm³/mol. The van der Waals surface area contributed by atoms with E-state index in [0.717, 1.165) is 14.7 Å². The lowest BCUT2D eigenvalue weighted by Crippen LogP contribution is -2.54. The van der Waals surface area contributed by atoms with Gasteiger partial charge in [0.05, 0.1) is 10.5 Å². The van der Waals surface area contributed by atoms with Crippen molar-refractivity contribution in [2.24, 2.45) is 11.7 Å². The smallest absolute Gasteiger partial charge is 0.410 e. The number of non-ortho nitro benzene ring substituents is 1. The minimum absolute atomic E-state index is 0.0444. The Morgan fingerprint density at radius 3 is 2.01 bits per heavy atom. The van der Waals surface area contributed by atoms with Crippen LogP contribution in [-0.2, 0) is 35.3 Å². The molecular formula is C60H66N12O14. The lowest BCUT2D eigenvalue weighted by molar-refractivity contribution is -0.384. The molecule has 3 aliphatic heterocycles. The highest BCUT2D eigenvalue weighted by atomic mass is 16.6. The van der Waals surface area contributed by atoms with Gasteiger partial charge in [0.1, 0.15) is 18.7 Å². The molecule has 26 heteroatoms. The van der Waals surface area contributed by atoms with Crippen LogP contribution < -0.4 is 38.1 Å². The number of nitrogen functional groups attached to an aromatic ring is 1. The van der Waals surface area contributed by atoms with Gasteiger partial charge in [-0.1, -0.05) is 56.7 Å². The van der Waals surface area contributed by atoms with E-state index in [1.54, 1.807) is 86.6 Å². The molecule has 0 bridgehead atoms. The number of nitro benzene ring substituents is 1. The van der Waals surface area contributed by atoms with Gasteiger partial charge >= 0.3 is 12.1 Å². The number of anilines is 2. The van der Waals surface area contributed by atoms with Crippen molar-refractivity contribution in [1.29, 1.82) is 0 Å². The summed E-state index contributed by atoms with van der Waals surface area (Å²) in [6, 6.07) is 18.8. The number of imide groups is 3. The van der Waals surface area contributed by atoms with Crippen molar-refractivity contribution in [3.8, 4) is 0 Å². The van der Waals surface area contributed by atoms with Gasteiger partial charge in [0, 0.05) is 121 Å². The van der Waals surface area contributed by atoms with Crippen LogP contribution in [0, 0.1) is 16.0 Å². The third kappa shape index (κ3) is 14.6. The molecule has 5 aromatic carbocycles. The third-order valence-electron chi connectivity index (χ3n) is 14.9. The van der Waals surface area contributed by atoms with Gasteiger partial charge in [-0.3, -0.25) is 68.0 Å². The number of unbranched alkanes of at least 4 members (excludes halogenated alkanes) is 2. The van der Waals surface area contributed by atoms with E-state index in [4.69, 9.17) is 16.2 Å². The van der Waals surface area contributed by atoms with Gasteiger partial charge in [0.2, 0.25) is 17.7 Å². The molecule has 0 fully saturated rings. The number of hydrogen-bond donors (Lipinski definition) is 7. The Bertz CT molecular complexity index is 3530. The van der Waals surface area contributed by atoms with Gasteiger partial charge in [0.25, 0.3) is 41.1 Å². The highest BCUT2D eigenvalue weighted by Gasteiger charge is 2.36. The summed E-state index contributed by atoms with van der Waals surface area (Å²) in [6.45, 7) is 3.59. The zero-order chi connectivity index (χ0) is 61.8. The number of benzene rings is 5. The fourth-order valence-corrected chi connectivity index (χ4v) is 10.4. The van der Waals surface area contributed by atoms with E-state index >= 15 is 0 Å². The minimum Gasteiger partial charge on any atom is -0.445 e. The van der Waals surface area contributed by atoms with Crippen LogP contribution >= 0.6 is 0 Å². The monoisotopic (exact) mass is 1180 g/mol. The van der Waals surface area contributed by atoms with Crippen molar-refractivity contribution in [3.05, 3.63) is 135 Å². The largest absolute Gasteiger partial charge is 0.445 e. The first-order valence-corrected chi connectivity index (χ1v) is 28.2. The van der Waals surface area contributed by atoms with Crippen molar-refractivity contribution in [2.45, 2.75) is 77.5 Å². The first-order chi connectivity index (χ1) is 41.2. The van der Waals surface area contributed by atoms with Crippen LogP contribution in [0.5, 0.6) is 0 Å². The molecule has 0 aromatic heterocycles. The molecule has 26 nitrogen and oxygen atoms in total. The predicted octanol–water partition coefficient (Wildman–Crippen LogP) is 4.49. The summed E-state index contributed by atoms with van der Waals surface area (Å²) in [6.07, 6.45) is 3.78. The van der Waals surface area contributed by atoms with Crippen LogP contribution in [0.2, 0.25) is 0 Å². The highest BCUT2D eigenvalue weighted by Crippen LogP contribution is 2.35. The average molecular weight is 1180 g/mol. The van der Waals surface area contributed by atoms with E-state index in [9.17, 15) is 62.9 Å². The van der Waals surface area contributed by atoms with Crippen molar-refractivity contribution in [3.63, 3.8) is 0 Å². The minimum atomic E-state index is -1.13. The molecule has 12 amide bonds. The number of amides is 12. The number of ether oxygens (including phenoxy) is 1. The molecule has 450 valence electrons. The lowest BCUT2D eigenvalue weighted by atomic mass is 9.93. The Balaban J connectivity index is 0.870. The summed E-state index contributed by atoms with van der Waals surface area (Å²) in [4.78, 5) is 160. The van der Waals surface area contributed by atoms with Crippen LogP contribution in [0.3, 0.4) is 0 Å². The second-order valence-corrected chi connectivity index (χ2v) is 21.2. The number of hydrogen-bond acceptors (Lipinski definition) is 16. The number of urea groups is 1. The second-order valence-electron chi connectivity index (χ2n) is 21.2. The molecule has 86 heavy (non-hydrogen) atoms. The first kappa shape index (κ1) is 61.9. The molecule has 0 spiro atoms. The summed E-state index contributed by atoms with van der Waals surface area (Å²) in [5.41, 5.74) is 13.2. The Morgan fingerprint density at radius 2 is 1.33 bits per heavy atom. The summed E-state index contributed by atoms with van der Waals surface area (Å²) in [5, 5.41) is 27.3. The maximum atomic E-state index is 14.0. The topological polar surface area (TPSA) is 365 Å². The van der Waals surface area contributed by atoms with Crippen molar-refractivity contribution in [1.82, 2.24) is 40.9 Å². The van der Waals surface area contributed by atoms with Crippen LogP contribution in [0.15, 0.2) is 97.1 Å². The zero-order valence-electron chi connectivity index (χ0n) is 47.4. The maximum Gasteiger partial charge on any atom is 0.410 e. The molecule has 3 aliphatic rings. The summed E-state index contributed by atoms with van der Waals surface area (Å²) in [7, 11) is 0.